The van der Waals surface area contributed by atoms with Crippen LogP contribution in [0.25, 0.3) is 5.57 Å². The number of rotatable bonds is 10. The van der Waals surface area contributed by atoms with Crippen molar-refractivity contribution in [2.45, 2.75) is 37.6 Å². The summed E-state index contributed by atoms with van der Waals surface area (Å²) in [5.74, 6) is -1.76. The van der Waals surface area contributed by atoms with E-state index in [9.17, 15) is 23.1 Å². The number of alkyl halides is 3. The lowest BCUT2D eigenvalue weighted by molar-refractivity contribution is -0.270. The van der Waals surface area contributed by atoms with E-state index in [-0.39, 0.29) is 17.9 Å². The number of carboxylic acid groups (broad SMARTS) is 1. The molecule has 27 heavy (non-hydrogen) atoms. The number of carbonyl (C=O) groups is 1. The van der Waals surface area contributed by atoms with Crippen molar-refractivity contribution >= 4 is 23.3 Å². The molecule has 0 aliphatic heterocycles. The summed E-state index contributed by atoms with van der Waals surface area (Å²) in [6.07, 6.45) is -3.22. The Balaban J connectivity index is 2.84. The molecule has 150 valence electrons. The van der Waals surface area contributed by atoms with Crippen LogP contribution in [0.1, 0.15) is 31.2 Å². The summed E-state index contributed by atoms with van der Waals surface area (Å²) < 4.78 is 40.4. The van der Waals surface area contributed by atoms with Gasteiger partial charge in [0.05, 0.1) is 0 Å². The molecule has 1 aromatic heterocycles. The number of aliphatic hydroxyl groups is 1. The maximum absolute atomic E-state index is 13.5. The fraction of sp³-hybridized carbons (Fsp3) is 0.471. The lowest BCUT2D eigenvalue weighted by Crippen LogP contribution is -2.44. The Labute approximate surface area is 159 Å². The number of halogens is 3. The highest BCUT2D eigenvalue weighted by Gasteiger charge is 2.56. The molecule has 10 heteroatoms. The molecule has 1 rings (SSSR count). The van der Waals surface area contributed by atoms with Crippen molar-refractivity contribution in [1.29, 1.82) is 0 Å². The monoisotopic (exact) mass is 405 g/mol. The standard InChI is InChI=1S/C17H22F3N3O3S/c1-10(2)11(3)12-8-22-15(23-9-12)16(26,17(18,19)20)5-7-27-6-4-13(21)14(24)25/h8-9,13,26H,1,3-7,21H2,2H3,(H,24,25). The van der Waals surface area contributed by atoms with Gasteiger partial charge in [0, 0.05) is 24.4 Å². The third-order valence-electron chi connectivity index (χ3n) is 3.85. The third kappa shape index (κ3) is 6.05. The van der Waals surface area contributed by atoms with Crippen LogP contribution in [0, 0.1) is 0 Å². The van der Waals surface area contributed by atoms with Gasteiger partial charge in [-0.1, -0.05) is 18.7 Å². The van der Waals surface area contributed by atoms with Crippen LogP contribution in [0.15, 0.2) is 31.1 Å². The summed E-state index contributed by atoms with van der Waals surface area (Å²) in [6.45, 7) is 9.12. The lowest BCUT2D eigenvalue weighted by Gasteiger charge is -2.29. The Bertz CT molecular complexity index is 695. The van der Waals surface area contributed by atoms with E-state index >= 15 is 0 Å². The highest BCUT2D eigenvalue weighted by Crippen LogP contribution is 2.40. The average Bonchev–Trinajstić information content (AvgIpc) is 2.59. The topological polar surface area (TPSA) is 109 Å². The molecule has 0 aromatic carbocycles. The van der Waals surface area contributed by atoms with Gasteiger partial charge in [0.25, 0.3) is 0 Å². The van der Waals surface area contributed by atoms with Crippen molar-refractivity contribution in [2.24, 2.45) is 5.73 Å². The maximum atomic E-state index is 13.5. The van der Waals surface area contributed by atoms with Gasteiger partial charge < -0.3 is 15.9 Å². The number of nitrogens with two attached hydrogens (primary N) is 1. The summed E-state index contributed by atoms with van der Waals surface area (Å²) in [5, 5.41) is 18.9. The first-order valence-corrected chi connectivity index (χ1v) is 9.08. The van der Waals surface area contributed by atoms with Gasteiger partial charge in [0.2, 0.25) is 5.60 Å². The summed E-state index contributed by atoms with van der Waals surface area (Å²) in [5.41, 5.74) is 3.64. The van der Waals surface area contributed by atoms with Crippen LogP contribution in [-0.2, 0) is 10.4 Å². The van der Waals surface area contributed by atoms with E-state index in [2.05, 4.69) is 23.1 Å². The number of hydrogen-bond acceptors (Lipinski definition) is 6. The molecule has 4 N–H and O–H groups in total. The first-order valence-electron chi connectivity index (χ1n) is 7.93. The Morgan fingerprint density at radius 2 is 1.85 bits per heavy atom. The molecule has 2 atom stereocenters. The van der Waals surface area contributed by atoms with Crippen LogP contribution in [0.5, 0.6) is 0 Å². The fourth-order valence-corrected chi connectivity index (χ4v) is 3.04. The SMILES string of the molecule is C=C(C)C(=C)c1cnc(C(O)(CCSCCC(N)C(=O)O)C(F)(F)F)nc1. The average molecular weight is 405 g/mol. The molecule has 1 aromatic rings. The maximum Gasteiger partial charge on any atom is 0.424 e. The highest BCUT2D eigenvalue weighted by molar-refractivity contribution is 7.99. The van der Waals surface area contributed by atoms with Crippen LogP contribution < -0.4 is 5.73 Å². The van der Waals surface area contributed by atoms with E-state index in [1.165, 1.54) is 0 Å². The minimum atomic E-state index is -4.97. The van der Waals surface area contributed by atoms with E-state index in [0.717, 1.165) is 24.2 Å². The second kappa shape index (κ2) is 9.34. The second-order valence-corrected chi connectivity index (χ2v) is 7.23. The number of thioether (sulfide) groups is 1. The Morgan fingerprint density at radius 3 is 2.30 bits per heavy atom. The minimum absolute atomic E-state index is 0.0774. The van der Waals surface area contributed by atoms with E-state index in [1.54, 1.807) is 6.92 Å². The zero-order chi connectivity index (χ0) is 20.8. The molecule has 0 bridgehead atoms. The van der Waals surface area contributed by atoms with Gasteiger partial charge in [-0.2, -0.15) is 24.9 Å². The van der Waals surface area contributed by atoms with Gasteiger partial charge in [-0.05, 0) is 30.4 Å². The summed E-state index contributed by atoms with van der Waals surface area (Å²) >= 11 is 1.06. The van der Waals surface area contributed by atoms with Gasteiger partial charge in [-0.3, -0.25) is 4.79 Å². The molecular formula is C17H22F3N3O3S. The molecule has 0 saturated carbocycles. The van der Waals surface area contributed by atoms with Crippen LogP contribution >= 0.6 is 11.8 Å². The Kier molecular flexibility index (Phi) is 8.00. The van der Waals surface area contributed by atoms with Crippen LogP contribution in [0.3, 0.4) is 0 Å². The predicted octanol–water partition coefficient (Wildman–Crippen LogP) is 2.74. The predicted molar refractivity (Wildman–Crippen MR) is 98.0 cm³/mol. The van der Waals surface area contributed by atoms with E-state index in [0.29, 0.717) is 16.7 Å². The van der Waals surface area contributed by atoms with E-state index in [4.69, 9.17) is 10.8 Å². The molecule has 0 aliphatic rings. The molecule has 0 fully saturated rings. The third-order valence-corrected chi connectivity index (χ3v) is 4.87. The van der Waals surface area contributed by atoms with Gasteiger partial charge in [0.15, 0.2) is 5.82 Å². The van der Waals surface area contributed by atoms with Crippen molar-refractivity contribution < 1.29 is 28.2 Å². The lowest BCUT2D eigenvalue weighted by atomic mass is 9.98. The van der Waals surface area contributed by atoms with E-state index in [1.807, 2.05) is 0 Å². The molecule has 0 aliphatic carbocycles. The zero-order valence-corrected chi connectivity index (χ0v) is 15.6. The molecule has 2 unspecified atom stereocenters. The first-order chi connectivity index (χ1) is 12.4. The van der Waals surface area contributed by atoms with Crippen molar-refractivity contribution in [3.63, 3.8) is 0 Å². The largest absolute Gasteiger partial charge is 0.480 e. The number of aliphatic carboxylic acids is 1. The minimum Gasteiger partial charge on any atom is -0.480 e. The molecular weight excluding hydrogens is 383 g/mol. The van der Waals surface area contributed by atoms with Gasteiger partial charge in [0.1, 0.15) is 6.04 Å². The van der Waals surface area contributed by atoms with Gasteiger partial charge >= 0.3 is 12.1 Å². The number of nitrogens with zero attached hydrogens (tertiary/aromatic N) is 2. The molecule has 0 spiro atoms. The highest BCUT2D eigenvalue weighted by atomic mass is 32.2. The molecule has 0 saturated heterocycles. The molecule has 6 nitrogen and oxygen atoms in total. The summed E-state index contributed by atoms with van der Waals surface area (Å²) in [4.78, 5) is 18.0. The van der Waals surface area contributed by atoms with Crippen molar-refractivity contribution in [2.75, 3.05) is 11.5 Å². The van der Waals surface area contributed by atoms with Gasteiger partial charge in [-0.15, -0.1) is 0 Å². The fourth-order valence-electron chi connectivity index (χ4n) is 1.98. The van der Waals surface area contributed by atoms with Crippen LogP contribution in [0.4, 0.5) is 13.2 Å². The molecule has 1 heterocycles. The van der Waals surface area contributed by atoms with Crippen molar-refractivity contribution in [3.05, 3.63) is 42.5 Å². The smallest absolute Gasteiger partial charge is 0.424 e. The van der Waals surface area contributed by atoms with Crippen LogP contribution in [-0.4, -0.2) is 49.9 Å². The molecule has 0 amide bonds. The Morgan fingerprint density at radius 1 is 1.30 bits per heavy atom. The summed E-state index contributed by atoms with van der Waals surface area (Å²) in [7, 11) is 0. The van der Waals surface area contributed by atoms with E-state index < -0.39 is 36.0 Å². The van der Waals surface area contributed by atoms with Gasteiger partial charge in [-0.25, -0.2) is 9.97 Å². The quantitative estimate of drug-likeness (QED) is 0.406. The van der Waals surface area contributed by atoms with Crippen molar-refractivity contribution in [1.82, 2.24) is 9.97 Å². The summed E-state index contributed by atoms with van der Waals surface area (Å²) in [6, 6.07) is -1.07. The van der Waals surface area contributed by atoms with Crippen molar-refractivity contribution in [3.8, 4) is 0 Å². The number of aromatic nitrogens is 2. The number of allylic oxidation sites excluding steroid dienone is 2. The Hall–Kier alpha value is -1.91. The zero-order valence-electron chi connectivity index (χ0n) is 14.8. The normalized spacial score (nSPS) is 15.0. The molecule has 0 radical (unpaired) electrons. The number of carboxylic acids is 1. The second-order valence-electron chi connectivity index (χ2n) is 6.01. The first kappa shape index (κ1) is 23.1. The van der Waals surface area contributed by atoms with Crippen LogP contribution in [0.2, 0.25) is 0 Å². The number of hydrogen-bond donors (Lipinski definition) is 3.